The number of carbonyl (C=O) groups excluding carboxylic acids is 2. The number of hydroxylamine groups is 1. The van der Waals surface area contributed by atoms with Gasteiger partial charge in [-0.15, -0.1) is 0 Å². The number of carbonyl (C=O) groups is 2. The van der Waals surface area contributed by atoms with E-state index in [1.807, 2.05) is 0 Å². The molecule has 0 aromatic heterocycles. The quantitative estimate of drug-likeness (QED) is 0.394. The third kappa shape index (κ3) is 4.44. The Kier molecular flexibility index (Phi) is 5.68. The van der Waals surface area contributed by atoms with Crippen LogP contribution in [-0.4, -0.2) is 32.9 Å². The molecule has 1 aromatic carbocycles. The maximum absolute atomic E-state index is 12.1. The first kappa shape index (κ1) is 18.0. The highest BCUT2D eigenvalue weighted by Gasteiger charge is 2.26. The molecule has 0 aliphatic carbocycles. The zero-order valence-corrected chi connectivity index (χ0v) is 12.2. The molecular formula is C12H14N4O7. The molecule has 0 saturated carbocycles. The third-order valence-electron chi connectivity index (χ3n) is 2.93. The van der Waals surface area contributed by atoms with E-state index in [1.165, 1.54) is 5.48 Å². The molecule has 11 nitrogen and oxygen atoms in total. The van der Waals surface area contributed by atoms with Gasteiger partial charge in [0.25, 0.3) is 23.2 Å². The third-order valence-corrected chi connectivity index (χ3v) is 2.93. The zero-order chi connectivity index (χ0) is 17.7. The number of amides is 2. The first-order valence-corrected chi connectivity index (χ1v) is 6.36. The van der Waals surface area contributed by atoms with Crippen molar-refractivity contribution < 1.29 is 24.6 Å². The van der Waals surface area contributed by atoms with Crippen molar-refractivity contribution in [3.05, 3.63) is 44.0 Å². The molecule has 1 unspecified atom stereocenters. The van der Waals surface area contributed by atoms with Gasteiger partial charge in [0.2, 0.25) is 0 Å². The van der Waals surface area contributed by atoms with Gasteiger partial charge < -0.3 is 5.32 Å². The fraction of sp³-hybridized carbons (Fsp3) is 0.333. The van der Waals surface area contributed by atoms with Gasteiger partial charge in [-0.25, -0.2) is 5.48 Å². The van der Waals surface area contributed by atoms with Gasteiger partial charge in [0.15, 0.2) is 0 Å². The van der Waals surface area contributed by atoms with Gasteiger partial charge in [0.05, 0.1) is 21.5 Å². The fourth-order valence-electron chi connectivity index (χ4n) is 1.77. The SMILES string of the molecule is CC(C)C(NC(=O)c1cc([N+](=O)[O-])cc([N+](=O)[O-])c1)C(=O)NO. The zero-order valence-electron chi connectivity index (χ0n) is 12.2. The Morgan fingerprint density at radius 3 is 1.91 bits per heavy atom. The Bertz CT molecular complexity index is 627. The van der Waals surface area contributed by atoms with Crippen molar-refractivity contribution in [2.45, 2.75) is 19.9 Å². The number of non-ortho nitro benzene ring substituents is 2. The summed E-state index contributed by atoms with van der Waals surface area (Å²) in [5, 5.41) is 32.5. The van der Waals surface area contributed by atoms with E-state index in [9.17, 15) is 29.8 Å². The minimum atomic E-state index is -1.12. The summed E-state index contributed by atoms with van der Waals surface area (Å²) in [7, 11) is 0. The number of hydrogen-bond acceptors (Lipinski definition) is 7. The fourth-order valence-corrected chi connectivity index (χ4v) is 1.77. The second-order valence-electron chi connectivity index (χ2n) is 4.92. The van der Waals surface area contributed by atoms with Crippen LogP contribution in [0.1, 0.15) is 24.2 Å². The Labute approximate surface area is 129 Å². The molecule has 11 heteroatoms. The van der Waals surface area contributed by atoms with Crippen molar-refractivity contribution in [2.75, 3.05) is 0 Å². The molecule has 0 bridgehead atoms. The van der Waals surface area contributed by atoms with Crippen molar-refractivity contribution in [1.82, 2.24) is 10.8 Å². The summed E-state index contributed by atoms with van der Waals surface area (Å²) in [4.78, 5) is 43.4. The van der Waals surface area contributed by atoms with Crippen LogP contribution in [0.4, 0.5) is 11.4 Å². The van der Waals surface area contributed by atoms with E-state index in [0.717, 1.165) is 18.2 Å². The van der Waals surface area contributed by atoms with E-state index in [-0.39, 0.29) is 5.56 Å². The molecule has 0 radical (unpaired) electrons. The van der Waals surface area contributed by atoms with Crippen molar-refractivity contribution in [2.24, 2.45) is 5.92 Å². The van der Waals surface area contributed by atoms with E-state index in [2.05, 4.69) is 5.32 Å². The number of nitro groups is 2. The van der Waals surface area contributed by atoms with Gasteiger partial charge in [-0.1, -0.05) is 13.8 Å². The standard InChI is InChI=1S/C12H14N4O7/c1-6(2)10(12(18)14-19)13-11(17)7-3-8(15(20)21)5-9(4-7)16(22)23/h3-6,10,19H,1-2H3,(H,13,17)(H,14,18). The lowest BCUT2D eigenvalue weighted by molar-refractivity contribution is -0.394. The summed E-state index contributed by atoms with van der Waals surface area (Å²) in [6.07, 6.45) is 0. The average molecular weight is 326 g/mol. The molecule has 0 aliphatic rings. The van der Waals surface area contributed by atoms with Gasteiger partial charge in [0.1, 0.15) is 6.04 Å². The second-order valence-corrected chi connectivity index (χ2v) is 4.92. The van der Waals surface area contributed by atoms with Crippen LogP contribution in [-0.2, 0) is 4.79 Å². The highest BCUT2D eigenvalue weighted by Crippen LogP contribution is 2.22. The average Bonchev–Trinajstić information content (AvgIpc) is 2.50. The van der Waals surface area contributed by atoms with Crippen molar-refractivity contribution in [1.29, 1.82) is 0 Å². The van der Waals surface area contributed by atoms with Gasteiger partial charge >= 0.3 is 0 Å². The van der Waals surface area contributed by atoms with Gasteiger partial charge in [-0.05, 0) is 5.92 Å². The molecule has 0 saturated heterocycles. The van der Waals surface area contributed by atoms with Crippen LogP contribution in [0.5, 0.6) is 0 Å². The van der Waals surface area contributed by atoms with E-state index in [1.54, 1.807) is 13.8 Å². The van der Waals surface area contributed by atoms with Gasteiger partial charge in [0, 0.05) is 12.1 Å². The molecule has 23 heavy (non-hydrogen) atoms. The lowest BCUT2D eigenvalue weighted by Gasteiger charge is -2.20. The highest BCUT2D eigenvalue weighted by atomic mass is 16.6. The molecule has 124 valence electrons. The Morgan fingerprint density at radius 1 is 1.09 bits per heavy atom. The van der Waals surface area contributed by atoms with Gasteiger partial charge in [-0.3, -0.25) is 35.0 Å². The number of benzene rings is 1. The summed E-state index contributed by atoms with van der Waals surface area (Å²) >= 11 is 0. The Balaban J connectivity index is 3.18. The Hall–Kier alpha value is -3.08. The van der Waals surface area contributed by atoms with Crippen LogP contribution >= 0.6 is 0 Å². The van der Waals surface area contributed by atoms with E-state index in [0.29, 0.717) is 0 Å². The number of nitrogens with zero attached hydrogens (tertiary/aromatic N) is 2. The van der Waals surface area contributed by atoms with Crippen molar-refractivity contribution in [3.8, 4) is 0 Å². The minimum absolute atomic E-state index is 0.345. The first-order valence-electron chi connectivity index (χ1n) is 6.36. The predicted octanol–water partition coefficient (Wildman–Crippen LogP) is 0.763. The van der Waals surface area contributed by atoms with Crippen LogP contribution in [0.2, 0.25) is 0 Å². The summed E-state index contributed by atoms with van der Waals surface area (Å²) in [5.74, 6) is -2.20. The molecule has 0 heterocycles. The predicted molar refractivity (Wildman–Crippen MR) is 75.8 cm³/mol. The van der Waals surface area contributed by atoms with Crippen LogP contribution in [0, 0.1) is 26.1 Å². The van der Waals surface area contributed by atoms with Crippen molar-refractivity contribution >= 4 is 23.2 Å². The summed E-state index contributed by atoms with van der Waals surface area (Å²) in [5.41, 5.74) is -0.208. The lowest BCUT2D eigenvalue weighted by atomic mass is 10.0. The minimum Gasteiger partial charge on any atom is -0.340 e. The molecule has 2 amide bonds. The number of rotatable bonds is 6. The summed E-state index contributed by atoms with van der Waals surface area (Å²) in [6.45, 7) is 3.19. The summed E-state index contributed by atoms with van der Waals surface area (Å²) < 4.78 is 0. The van der Waals surface area contributed by atoms with E-state index in [4.69, 9.17) is 5.21 Å². The highest BCUT2D eigenvalue weighted by molar-refractivity contribution is 5.98. The maximum atomic E-state index is 12.1. The largest absolute Gasteiger partial charge is 0.340 e. The van der Waals surface area contributed by atoms with Crippen molar-refractivity contribution in [3.63, 3.8) is 0 Å². The molecule has 1 aromatic rings. The monoisotopic (exact) mass is 326 g/mol. The maximum Gasteiger partial charge on any atom is 0.277 e. The normalized spacial score (nSPS) is 11.7. The van der Waals surface area contributed by atoms with E-state index >= 15 is 0 Å². The molecule has 0 spiro atoms. The smallest absolute Gasteiger partial charge is 0.277 e. The van der Waals surface area contributed by atoms with Gasteiger partial charge in [-0.2, -0.15) is 0 Å². The number of hydrogen-bond donors (Lipinski definition) is 3. The number of nitro benzene ring substituents is 2. The van der Waals surface area contributed by atoms with Crippen LogP contribution < -0.4 is 10.8 Å². The second kappa shape index (κ2) is 7.26. The molecule has 1 atom stereocenters. The van der Waals surface area contributed by atoms with E-state index < -0.39 is 45.0 Å². The molecule has 1 rings (SSSR count). The molecular weight excluding hydrogens is 312 g/mol. The topological polar surface area (TPSA) is 165 Å². The number of nitrogens with one attached hydrogen (secondary N) is 2. The van der Waals surface area contributed by atoms with Crippen LogP contribution in [0.25, 0.3) is 0 Å². The van der Waals surface area contributed by atoms with Crippen LogP contribution in [0.15, 0.2) is 18.2 Å². The molecule has 3 N–H and O–H groups in total. The lowest BCUT2D eigenvalue weighted by Crippen LogP contribution is -2.48. The molecule has 0 fully saturated rings. The Morgan fingerprint density at radius 2 is 1.57 bits per heavy atom. The van der Waals surface area contributed by atoms with Crippen LogP contribution in [0.3, 0.4) is 0 Å². The summed E-state index contributed by atoms with van der Waals surface area (Å²) in [6, 6.07) is 1.32. The molecule has 0 aliphatic heterocycles. The first-order chi connectivity index (χ1) is 10.7.